The molecular weight excluding hydrogens is 266 g/mol. The normalized spacial score (nSPS) is 17.7. The average Bonchev–Trinajstić information content (AvgIpc) is 3.06. The minimum atomic E-state index is -0.224. The van der Waals surface area contributed by atoms with Crippen molar-refractivity contribution in [1.29, 1.82) is 0 Å². The first-order valence-corrected chi connectivity index (χ1v) is 7.45. The summed E-state index contributed by atoms with van der Waals surface area (Å²) in [5.41, 5.74) is 6.61. The summed E-state index contributed by atoms with van der Waals surface area (Å²) in [5.74, 6) is -0.103. The highest BCUT2D eigenvalue weighted by Gasteiger charge is 2.30. The number of amidine groups is 1. The van der Waals surface area contributed by atoms with Gasteiger partial charge in [-0.05, 0) is 25.3 Å². The van der Waals surface area contributed by atoms with Crippen LogP contribution in [0.15, 0.2) is 35.5 Å². The zero-order valence-corrected chi connectivity index (χ0v) is 12.4. The molecule has 5 heteroatoms. The van der Waals surface area contributed by atoms with Crippen LogP contribution in [0.3, 0.4) is 0 Å². The summed E-state index contributed by atoms with van der Waals surface area (Å²) in [5, 5.41) is 11.8. The fraction of sp³-hybridized carbons (Fsp3) is 0.500. The summed E-state index contributed by atoms with van der Waals surface area (Å²) in [6, 6.07) is 9.92. The molecule has 0 bridgehead atoms. The number of hydrogen-bond acceptors (Lipinski definition) is 3. The predicted octanol–water partition coefficient (Wildman–Crippen LogP) is 2.31. The topological polar surface area (TPSA) is 78.9 Å². The Morgan fingerprint density at radius 1 is 1.38 bits per heavy atom. The second-order valence-corrected chi connectivity index (χ2v) is 5.63. The Balaban J connectivity index is 2.16. The van der Waals surface area contributed by atoms with Gasteiger partial charge in [0, 0.05) is 6.04 Å². The van der Waals surface area contributed by atoms with Crippen molar-refractivity contribution in [3.05, 3.63) is 35.9 Å². The van der Waals surface area contributed by atoms with Crippen molar-refractivity contribution in [1.82, 2.24) is 4.90 Å². The molecule has 0 aromatic heterocycles. The van der Waals surface area contributed by atoms with Crippen molar-refractivity contribution in [2.24, 2.45) is 10.9 Å². The van der Waals surface area contributed by atoms with Gasteiger partial charge < -0.3 is 15.8 Å². The minimum absolute atomic E-state index is 0.0414. The molecule has 1 fully saturated rings. The number of hydrogen-bond donors (Lipinski definition) is 2. The van der Waals surface area contributed by atoms with E-state index in [1.54, 1.807) is 4.90 Å². The van der Waals surface area contributed by atoms with Crippen LogP contribution < -0.4 is 5.73 Å². The standard InChI is InChI=1S/C16H23N3O2/c1-12(13-7-3-2-4-8-13)16(20)19(11-15(17)18-21)14-9-5-6-10-14/h2-4,7-8,12,14,21H,5-6,9-11H2,1H3,(H2,17,18). The summed E-state index contributed by atoms with van der Waals surface area (Å²) in [4.78, 5) is 14.6. The van der Waals surface area contributed by atoms with Gasteiger partial charge >= 0.3 is 0 Å². The van der Waals surface area contributed by atoms with E-state index in [1.807, 2.05) is 37.3 Å². The fourth-order valence-corrected chi connectivity index (χ4v) is 2.94. The molecule has 1 aliphatic rings. The number of rotatable bonds is 5. The van der Waals surface area contributed by atoms with Gasteiger partial charge in [-0.25, -0.2) is 0 Å². The zero-order chi connectivity index (χ0) is 15.2. The van der Waals surface area contributed by atoms with Crippen LogP contribution in [0.2, 0.25) is 0 Å². The van der Waals surface area contributed by atoms with Gasteiger partial charge in [-0.3, -0.25) is 4.79 Å². The molecule has 2 rings (SSSR count). The summed E-state index contributed by atoms with van der Waals surface area (Å²) < 4.78 is 0. The molecule has 1 aromatic rings. The molecule has 0 radical (unpaired) electrons. The summed E-state index contributed by atoms with van der Waals surface area (Å²) in [7, 11) is 0. The highest BCUT2D eigenvalue weighted by atomic mass is 16.4. The first-order chi connectivity index (χ1) is 10.1. The lowest BCUT2D eigenvalue weighted by Gasteiger charge is -2.31. The molecule has 1 aromatic carbocycles. The van der Waals surface area contributed by atoms with Crippen LogP contribution in [0.1, 0.15) is 44.1 Å². The molecule has 0 aliphatic heterocycles. The lowest BCUT2D eigenvalue weighted by atomic mass is 9.98. The number of carbonyl (C=O) groups is 1. The molecule has 0 spiro atoms. The van der Waals surface area contributed by atoms with Gasteiger partial charge in [-0.15, -0.1) is 0 Å². The Labute approximate surface area is 125 Å². The molecule has 0 saturated heterocycles. The molecular formula is C16H23N3O2. The zero-order valence-electron chi connectivity index (χ0n) is 12.4. The molecule has 1 amide bonds. The van der Waals surface area contributed by atoms with Gasteiger partial charge in [0.25, 0.3) is 0 Å². The maximum Gasteiger partial charge on any atom is 0.230 e. The number of carbonyl (C=O) groups excluding carboxylic acids is 1. The first-order valence-electron chi connectivity index (χ1n) is 7.45. The van der Waals surface area contributed by atoms with Gasteiger partial charge in [0.05, 0.1) is 12.5 Å². The Morgan fingerprint density at radius 3 is 2.57 bits per heavy atom. The Bertz CT molecular complexity index is 496. The van der Waals surface area contributed by atoms with Gasteiger partial charge in [0.2, 0.25) is 5.91 Å². The van der Waals surface area contributed by atoms with E-state index < -0.39 is 0 Å². The van der Waals surface area contributed by atoms with E-state index in [0.29, 0.717) is 0 Å². The maximum absolute atomic E-state index is 12.8. The second kappa shape index (κ2) is 7.11. The highest BCUT2D eigenvalue weighted by molar-refractivity contribution is 5.89. The van der Waals surface area contributed by atoms with E-state index in [2.05, 4.69) is 5.16 Å². The number of amides is 1. The first kappa shape index (κ1) is 15.4. The van der Waals surface area contributed by atoms with Crippen molar-refractivity contribution in [3.8, 4) is 0 Å². The summed E-state index contributed by atoms with van der Waals surface area (Å²) in [6.07, 6.45) is 4.24. The van der Waals surface area contributed by atoms with Crippen LogP contribution in [0.4, 0.5) is 0 Å². The molecule has 5 nitrogen and oxygen atoms in total. The Morgan fingerprint density at radius 2 is 2.00 bits per heavy atom. The van der Waals surface area contributed by atoms with Crippen LogP contribution in [-0.2, 0) is 4.79 Å². The largest absolute Gasteiger partial charge is 0.409 e. The summed E-state index contributed by atoms with van der Waals surface area (Å²) in [6.45, 7) is 2.10. The van der Waals surface area contributed by atoms with Crippen LogP contribution >= 0.6 is 0 Å². The average molecular weight is 289 g/mol. The Kier molecular flexibility index (Phi) is 5.20. The third kappa shape index (κ3) is 3.74. The van der Waals surface area contributed by atoms with E-state index in [0.717, 1.165) is 31.2 Å². The quantitative estimate of drug-likeness (QED) is 0.378. The smallest absolute Gasteiger partial charge is 0.230 e. The lowest BCUT2D eigenvalue weighted by Crippen LogP contribution is -2.45. The Hall–Kier alpha value is -2.04. The van der Waals surface area contributed by atoms with Crippen molar-refractivity contribution in [2.45, 2.75) is 44.6 Å². The van der Waals surface area contributed by atoms with E-state index in [9.17, 15) is 4.79 Å². The van der Waals surface area contributed by atoms with Gasteiger partial charge in [0.1, 0.15) is 0 Å². The summed E-state index contributed by atoms with van der Waals surface area (Å²) >= 11 is 0. The van der Waals surface area contributed by atoms with Crippen LogP contribution in [0.25, 0.3) is 0 Å². The monoisotopic (exact) mass is 289 g/mol. The van der Waals surface area contributed by atoms with Crippen molar-refractivity contribution < 1.29 is 10.0 Å². The molecule has 114 valence electrons. The van der Waals surface area contributed by atoms with Crippen molar-refractivity contribution in [2.75, 3.05) is 6.54 Å². The molecule has 1 saturated carbocycles. The van der Waals surface area contributed by atoms with Gasteiger partial charge in [-0.2, -0.15) is 0 Å². The number of oxime groups is 1. The molecule has 21 heavy (non-hydrogen) atoms. The van der Waals surface area contributed by atoms with Crippen LogP contribution in [0, 0.1) is 0 Å². The van der Waals surface area contributed by atoms with Gasteiger partial charge in [0.15, 0.2) is 5.84 Å². The van der Waals surface area contributed by atoms with E-state index in [-0.39, 0.29) is 30.2 Å². The molecule has 3 N–H and O–H groups in total. The SMILES string of the molecule is CC(C(=O)N(C/C(N)=N/O)C1CCCC1)c1ccccc1. The van der Waals surface area contributed by atoms with E-state index >= 15 is 0 Å². The van der Waals surface area contributed by atoms with Crippen LogP contribution in [-0.4, -0.2) is 34.4 Å². The third-order valence-corrected chi connectivity index (χ3v) is 4.18. The lowest BCUT2D eigenvalue weighted by molar-refractivity contribution is -0.133. The second-order valence-electron chi connectivity index (χ2n) is 5.63. The third-order valence-electron chi connectivity index (χ3n) is 4.18. The van der Waals surface area contributed by atoms with E-state index in [4.69, 9.17) is 10.9 Å². The fourth-order valence-electron chi connectivity index (χ4n) is 2.94. The molecule has 1 unspecified atom stereocenters. The molecule has 0 heterocycles. The molecule has 1 aliphatic carbocycles. The number of benzene rings is 1. The van der Waals surface area contributed by atoms with Crippen molar-refractivity contribution in [3.63, 3.8) is 0 Å². The highest BCUT2D eigenvalue weighted by Crippen LogP contribution is 2.27. The number of nitrogens with two attached hydrogens (primary N) is 1. The van der Waals surface area contributed by atoms with E-state index in [1.165, 1.54) is 0 Å². The predicted molar refractivity (Wildman–Crippen MR) is 82.2 cm³/mol. The maximum atomic E-state index is 12.8. The van der Waals surface area contributed by atoms with Gasteiger partial charge in [-0.1, -0.05) is 48.3 Å². The van der Waals surface area contributed by atoms with Crippen LogP contribution in [0.5, 0.6) is 0 Å². The molecule has 1 atom stereocenters. The minimum Gasteiger partial charge on any atom is -0.409 e. The number of nitrogens with zero attached hydrogens (tertiary/aromatic N) is 2. The van der Waals surface area contributed by atoms with Crippen molar-refractivity contribution >= 4 is 11.7 Å².